The highest BCUT2D eigenvalue weighted by atomic mass is 15.1. The topological polar surface area (TPSA) is 28.2 Å². The summed E-state index contributed by atoms with van der Waals surface area (Å²) in [6.45, 7) is 6.46. The van der Waals surface area contributed by atoms with E-state index in [2.05, 4.69) is 49.2 Å². The molecule has 0 amide bonds. The third-order valence-electron chi connectivity index (χ3n) is 2.57. The number of aromatic nitrogens is 1. The van der Waals surface area contributed by atoms with Gasteiger partial charge in [-0.1, -0.05) is 13.8 Å². The number of hydrogen-bond acceptors (Lipinski definition) is 3. The molecule has 0 saturated carbocycles. The summed E-state index contributed by atoms with van der Waals surface area (Å²) in [6, 6.07) is 2.06. The van der Waals surface area contributed by atoms with E-state index in [-0.39, 0.29) is 0 Å². The van der Waals surface area contributed by atoms with Gasteiger partial charge >= 0.3 is 0 Å². The quantitative estimate of drug-likeness (QED) is 0.747. The highest BCUT2D eigenvalue weighted by Gasteiger charge is 2.03. The fraction of sp³-hybridized carbons (Fsp3) is 0.615. The molecule has 0 bridgehead atoms. The Balaban J connectivity index is 2.47. The van der Waals surface area contributed by atoms with Gasteiger partial charge in [-0.05, 0) is 24.9 Å². The van der Waals surface area contributed by atoms with E-state index < -0.39 is 0 Å². The van der Waals surface area contributed by atoms with Crippen molar-refractivity contribution in [2.24, 2.45) is 5.92 Å². The van der Waals surface area contributed by atoms with Crippen LogP contribution in [0.15, 0.2) is 18.5 Å². The van der Waals surface area contributed by atoms with Gasteiger partial charge in [0.25, 0.3) is 0 Å². The van der Waals surface area contributed by atoms with Crippen molar-refractivity contribution in [1.29, 1.82) is 0 Å². The van der Waals surface area contributed by atoms with E-state index in [4.69, 9.17) is 0 Å². The van der Waals surface area contributed by atoms with Gasteiger partial charge in [0.1, 0.15) is 0 Å². The van der Waals surface area contributed by atoms with Crippen molar-refractivity contribution >= 4 is 5.69 Å². The van der Waals surface area contributed by atoms with Crippen LogP contribution in [0, 0.1) is 5.92 Å². The fourth-order valence-electron chi connectivity index (χ4n) is 1.61. The number of pyridine rings is 1. The largest absolute Gasteiger partial charge is 0.377 e. The van der Waals surface area contributed by atoms with Gasteiger partial charge < -0.3 is 10.2 Å². The van der Waals surface area contributed by atoms with E-state index in [0.29, 0.717) is 0 Å². The van der Waals surface area contributed by atoms with Gasteiger partial charge in [-0.2, -0.15) is 0 Å². The molecule has 0 fully saturated rings. The van der Waals surface area contributed by atoms with Crippen molar-refractivity contribution in [2.45, 2.75) is 26.8 Å². The molecular weight excluding hydrogens is 198 g/mol. The van der Waals surface area contributed by atoms with Crippen LogP contribution in [-0.2, 0) is 6.54 Å². The van der Waals surface area contributed by atoms with Crippen molar-refractivity contribution < 1.29 is 0 Å². The Labute approximate surface area is 98.9 Å². The SMILES string of the molecule is CC(C)CCNCc1cnccc1N(C)C. The highest BCUT2D eigenvalue weighted by molar-refractivity contribution is 5.50. The average Bonchev–Trinajstić information content (AvgIpc) is 2.24. The van der Waals surface area contributed by atoms with Crippen LogP contribution in [0.5, 0.6) is 0 Å². The lowest BCUT2D eigenvalue weighted by molar-refractivity contribution is 0.537. The maximum absolute atomic E-state index is 4.17. The van der Waals surface area contributed by atoms with Crippen LogP contribution in [0.1, 0.15) is 25.8 Å². The molecule has 1 rings (SSSR count). The van der Waals surface area contributed by atoms with Crippen molar-refractivity contribution in [2.75, 3.05) is 25.5 Å². The van der Waals surface area contributed by atoms with E-state index >= 15 is 0 Å². The Kier molecular flexibility index (Phi) is 5.26. The van der Waals surface area contributed by atoms with Crippen LogP contribution in [0.3, 0.4) is 0 Å². The molecule has 0 aliphatic heterocycles. The first-order valence-electron chi connectivity index (χ1n) is 5.92. The molecule has 1 aromatic rings. The molecule has 0 saturated heterocycles. The summed E-state index contributed by atoms with van der Waals surface area (Å²) < 4.78 is 0. The second kappa shape index (κ2) is 6.48. The van der Waals surface area contributed by atoms with Crippen LogP contribution in [-0.4, -0.2) is 25.6 Å². The fourth-order valence-corrected chi connectivity index (χ4v) is 1.61. The molecule has 1 aromatic heterocycles. The van der Waals surface area contributed by atoms with Gasteiger partial charge in [0.05, 0.1) is 0 Å². The molecule has 0 spiro atoms. The summed E-state index contributed by atoms with van der Waals surface area (Å²) in [5.41, 5.74) is 2.50. The van der Waals surface area contributed by atoms with Gasteiger partial charge in [-0.15, -0.1) is 0 Å². The van der Waals surface area contributed by atoms with Gasteiger partial charge in [0.2, 0.25) is 0 Å². The lowest BCUT2D eigenvalue weighted by Gasteiger charge is -2.17. The molecular formula is C13H23N3. The first-order chi connectivity index (χ1) is 7.61. The minimum atomic E-state index is 0.759. The molecule has 0 unspecified atom stereocenters. The Morgan fingerprint density at radius 1 is 1.38 bits per heavy atom. The molecule has 1 N–H and O–H groups in total. The molecule has 0 atom stereocenters. The van der Waals surface area contributed by atoms with E-state index in [1.54, 1.807) is 0 Å². The molecule has 0 aliphatic carbocycles. The van der Waals surface area contributed by atoms with E-state index in [9.17, 15) is 0 Å². The summed E-state index contributed by atoms with van der Waals surface area (Å²) in [4.78, 5) is 6.30. The Morgan fingerprint density at radius 2 is 2.12 bits per heavy atom. The number of hydrogen-bond donors (Lipinski definition) is 1. The number of anilines is 1. The number of nitrogens with one attached hydrogen (secondary N) is 1. The van der Waals surface area contributed by atoms with Crippen LogP contribution >= 0.6 is 0 Å². The lowest BCUT2D eigenvalue weighted by atomic mass is 10.1. The van der Waals surface area contributed by atoms with E-state index in [0.717, 1.165) is 19.0 Å². The summed E-state index contributed by atoms with van der Waals surface area (Å²) >= 11 is 0. The Hall–Kier alpha value is -1.09. The average molecular weight is 221 g/mol. The zero-order valence-electron chi connectivity index (χ0n) is 10.8. The maximum atomic E-state index is 4.17. The monoisotopic (exact) mass is 221 g/mol. The Morgan fingerprint density at radius 3 is 2.75 bits per heavy atom. The van der Waals surface area contributed by atoms with Crippen molar-refractivity contribution in [1.82, 2.24) is 10.3 Å². The molecule has 3 nitrogen and oxygen atoms in total. The standard InChI is InChI=1S/C13H23N3/c1-11(2)5-7-14-9-12-10-15-8-6-13(12)16(3)4/h6,8,10-11,14H,5,7,9H2,1-4H3. The zero-order chi connectivity index (χ0) is 12.0. The normalized spacial score (nSPS) is 10.8. The molecule has 16 heavy (non-hydrogen) atoms. The van der Waals surface area contributed by atoms with Crippen LogP contribution in [0.25, 0.3) is 0 Å². The predicted octanol–water partition coefficient (Wildman–Crippen LogP) is 2.28. The maximum Gasteiger partial charge on any atom is 0.0437 e. The van der Waals surface area contributed by atoms with Crippen molar-refractivity contribution in [3.8, 4) is 0 Å². The molecule has 1 heterocycles. The van der Waals surface area contributed by atoms with Crippen LogP contribution in [0.2, 0.25) is 0 Å². The minimum Gasteiger partial charge on any atom is -0.377 e. The van der Waals surface area contributed by atoms with Crippen LogP contribution < -0.4 is 10.2 Å². The summed E-state index contributed by atoms with van der Waals surface area (Å²) in [5.74, 6) is 0.759. The molecule has 0 aromatic carbocycles. The predicted molar refractivity (Wildman–Crippen MR) is 69.7 cm³/mol. The van der Waals surface area contributed by atoms with Crippen LogP contribution in [0.4, 0.5) is 5.69 Å². The second-order valence-corrected chi connectivity index (χ2v) is 4.76. The lowest BCUT2D eigenvalue weighted by Crippen LogP contribution is -2.19. The number of nitrogens with zero attached hydrogens (tertiary/aromatic N) is 2. The summed E-state index contributed by atoms with van der Waals surface area (Å²) in [5, 5.41) is 3.46. The first-order valence-corrected chi connectivity index (χ1v) is 5.92. The van der Waals surface area contributed by atoms with Gasteiger partial charge in [0, 0.05) is 44.3 Å². The highest BCUT2D eigenvalue weighted by Crippen LogP contribution is 2.16. The van der Waals surface area contributed by atoms with Crippen molar-refractivity contribution in [3.63, 3.8) is 0 Å². The van der Waals surface area contributed by atoms with Crippen molar-refractivity contribution in [3.05, 3.63) is 24.0 Å². The summed E-state index contributed by atoms with van der Waals surface area (Å²) in [7, 11) is 4.12. The second-order valence-electron chi connectivity index (χ2n) is 4.76. The van der Waals surface area contributed by atoms with E-state index in [1.807, 2.05) is 12.4 Å². The Bertz CT molecular complexity index is 308. The first kappa shape index (κ1) is 13.0. The molecule has 0 radical (unpaired) electrons. The molecule has 90 valence electrons. The minimum absolute atomic E-state index is 0.759. The third-order valence-corrected chi connectivity index (χ3v) is 2.57. The summed E-state index contributed by atoms with van der Waals surface area (Å²) in [6.07, 6.45) is 5.00. The third kappa shape index (κ3) is 4.19. The van der Waals surface area contributed by atoms with Gasteiger partial charge in [-0.3, -0.25) is 4.98 Å². The molecule has 3 heteroatoms. The van der Waals surface area contributed by atoms with Gasteiger partial charge in [0.15, 0.2) is 0 Å². The van der Waals surface area contributed by atoms with E-state index in [1.165, 1.54) is 17.7 Å². The number of rotatable bonds is 6. The zero-order valence-corrected chi connectivity index (χ0v) is 10.8. The smallest absolute Gasteiger partial charge is 0.0437 e. The molecule has 0 aliphatic rings. The van der Waals surface area contributed by atoms with Gasteiger partial charge in [-0.25, -0.2) is 0 Å².